The first-order chi connectivity index (χ1) is 6.20. The van der Waals surface area contributed by atoms with Gasteiger partial charge in [-0.15, -0.1) is 0 Å². The molecule has 2 rings (SSSR count). The lowest BCUT2D eigenvalue weighted by Gasteiger charge is -2.14. The van der Waals surface area contributed by atoms with E-state index in [9.17, 15) is 9.59 Å². The molecule has 0 atom stereocenters. The fraction of sp³-hybridized carbons (Fsp3) is 0.250. The Morgan fingerprint density at radius 1 is 1.62 bits per heavy atom. The van der Waals surface area contributed by atoms with Crippen LogP contribution in [-0.4, -0.2) is 28.6 Å². The van der Waals surface area contributed by atoms with E-state index < -0.39 is 6.09 Å². The Morgan fingerprint density at radius 2 is 2.38 bits per heavy atom. The highest BCUT2D eigenvalue weighted by molar-refractivity contribution is 6.05. The van der Waals surface area contributed by atoms with Crippen LogP contribution >= 0.6 is 0 Å². The summed E-state index contributed by atoms with van der Waals surface area (Å²) in [6, 6.07) is 0. The Balaban J connectivity index is 2.33. The average Bonchev–Trinajstić information content (AvgIpc) is 2.48. The minimum Gasteiger partial charge on any atom is -0.465 e. The van der Waals surface area contributed by atoms with E-state index in [4.69, 9.17) is 5.11 Å². The Labute approximate surface area is 74.3 Å². The number of carboxylic acid groups (broad SMARTS) is 1. The van der Waals surface area contributed by atoms with Crippen molar-refractivity contribution in [2.24, 2.45) is 0 Å². The monoisotopic (exact) mass is 180 g/mol. The maximum absolute atomic E-state index is 11.2. The van der Waals surface area contributed by atoms with Crippen molar-refractivity contribution >= 4 is 11.9 Å². The van der Waals surface area contributed by atoms with E-state index >= 15 is 0 Å². The summed E-state index contributed by atoms with van der Waals surface area (Å²) in [6.07, 6.45) is 2.60. The van der Waals surface area contributed by atoms with Gasteiger partial charge in [-0.25, -0.2) is 4.79 Å². The third-order valence-corrected chi connectivity index (χ3v) is 2.09. The number of hydrogen-bond donors (Lipinski definition) is 2. The molecule has 0 aromatic heterocycles. The zero-order chi connectivity index (χ0) is 9.42. The standard InChI is InChI=1S/C8H8N2O3/c11-6-3-1-2-5-7(6)9-4-10(5)8(12)13/h1,3,9H,2,4H2,(H,12,13). The summed E-state index contributed by atoms with van der Waals surface area (Å²) >= 11 is 0. The molecule has 0 radical (unpaired) electrons. The highest BCUT2D eigenvalue weighted by Crippen LogP contribution is 2.23. The molecule has 68 valence electrons. The third-order valence-electron chi connectivity index (χ3n) is 2.09. The van der Waals surface area contributed by atoms with Crippen LogP contribution in [0.25, 0.3) is 0 Å². The molecule has 0 saturated heterocycles. The molecule has 5 heteroatoms. The van der Waals surface area contributed by atoms with Gasteiger partial charge in [0.15, 0.2) is 0 Å². The van der Waals surface area contributed by atoms with E-state index in [2.05, 4.69) is 5.32 Å². The van der Waals surface area contributed by atoms with E-state index in [-0.39, 0.29) is 12.5 Å². The number of hydrogen-bond acceptors (Lipinski definition) is 3. The zero-order valence-electron chi connectivity index (χ0n) is 6.78. The van der Waals surface area contributed by atoms with Crippen LogP contribution in [0.5, 0.6) is 0 Å². The van der Waals surface area contributed by atoms with Gasteiger partial charge in [0.05, 0.1) is 12.4 Å². The minimum atomic E-state index is -1.03. The molecule has 1 aliphatic heterocycles. The molecule has 5 nitrogen and oxygen atoms in total. The van der Waals surface area contributed by atoms with Crippen LogP contribution in [0.3, 0.4) is 0 Å². The molecule has 1 heterocycles. The SMILES string of the molecule is O=C1C=CCC2=C1NCN2C(=O)O. The average molecular weight is 180 g/mol. The fourth-order valence-corrected chi connectivity index (χ4v) is 1.48. The molecule has 0 fully saturated rings. The summed E-state index contributed by atoms with van der Waals surface area (Å²) in [5.74, 6) is -0.148. The van der Waals surface area contributed by atoms with Gasteiger partial charge in [0.2, 0.25) is 5.78 Å². The van der Waals surface area contributed by atoms with Crippen molar-refractivity contribution in [3.05, 3.63) is 23.5 Å². The van der Waals surface area contributed by atoms with E-state index in [1.165, 1.54) is 6.08 Å². The summed E-state index contributed by atoms with van der Waals surface area (Å²) in [5.41, 5.74) is 0.977. The molecule has 0 saturated carbocycles. The van der Waals surface area contributed by atoms with Crippen LogP contribution in [0, 0.1) is 0 Å². The van der Waals surface area contributed by atoms with Crippen LogP contribution < -0.4 is 5.32 Å². The highest BCUT2D eigenvalue weighted by atomic mass is 16.4. The van der Waals surface area contributed by atoms with Gasteiger partial charge < -0.3 is 10.4 Å². The summed E-state index contributed by atoms with van der Waals surface area (Å²) in [6.45, 7) is 0.174. The van der Waals surface area contributed by atoms with Crippen molar-refractivity contribution in [3.63, 3.8) is 0 Å². The number of carbonyl (C=O) groups excluding carboxylic acids is 1. The summed E-state index contributed by atoms with van der Waals surface area (Å²) in [5, 5.41) is 11.5. The largest absolute Gasteiger partial charge is 0.465 e. The lowest BCUT2D eigenvalue weighted by molar-refractivity contribution is -0.111. The number of nitrogens with one attached hydrogen (secondary N) is 1. The van der Waals surface area contributed by atoms with Gasteiger partial charge in [-0.3, -0.25) is 9.69 Å². The molecule has 2 aliphatic rings. The predicted octanol–water partition coefficient (Wildman–Crippen LogP) is 0.268. The normalized spacial score (nSPS) is 20.3. The first-order valence-corrected chi connectivity index (χ1v) is 3.88. The molecule has 0 bridgehead atoms. The zero-order valence-corrected chi connectivity index (χ0v) is 6.78. The van der Waals surface area contributed by atoms with Crippen molar-refractivity contribution in [2.75, 3.05) is 6.67 Å². The van der Waals surface area contributed by atoms with E-state index in [0.717, 1.165) is 4.90 Å². The number of amides is 1. The second kappa shape index (κ2) is 2.62. The lowest BCUT2D eigenvalue weighted by Crippen LogP contribution is -2.28. The Kier molecular flexibility index (Phi) is 1.58. The molecule has 2 N–H and O–H groups in total. The van der Waals surface area contributed by atoms with Crippen molar-refractivity contribution < 1.29 is 14.7 Å². The second-order valence-electron chi connectivity index (χ2n) is 2.84. The Hall–Kier alpha value is -1.78. The predicted molar refractivity (Wildman–Crippen MR) is 43.7 cm³/mol. The van der Waals surface area contributed by atoms with Crippen molar-refractivity contribution in [3.8, 4) is 0 Å². The number of allylic oxidation sites excluding steroid dienone is 2. The van der Waals surface area contributed by atoms with E-state index in [1.807, 2.05) is 0 Å². The molecule has 1 aliphatic carbocycles. The maximum atomic E-state index is 11.2. The van der Waals surface area contributed by atoms with Crippen molar-refractivity contribution in [1.29, 1.82) is 0 Å². The Bertz CT molecular complexity index is 343. The minimum absolute atomic E-state index is 0.148. The number of rotatable bonds is 0. The molecule has 0 spiro atoms. The molecule has 1 amide bonds. The second-order valence-corrected chi connectivity index (χ2v) is 2.84. The summed E-state index contributed by atoms with van der Waals surface area (Å²) < 4.78 is 0. The van der Waals surface area contributed by atoms with Gasteiger partial charge in [-0.05, 0) is 6.08 Å². The first-order valence-electron chi connectivity index (χ1n) is 3.88. The number of nitrogens with zero attached hydrogens (tertiary/aromatic N) is 1. The summed E-state index contributed by atoms with van der Waals surface area (Å²) in [7, 11) is 0. The highest BCUT2D eigenvalue weighted by Gasteiger charge is 2.30. The van der Waals surface area contributed by atoms with Gasteiger partial charge in [0.1, 0.15) is 5.70 Å². The van der Waals surface area contributed by atoms with Crippen LogP contribution in [0.2, 0.25) is 0 Å². The van der Waals surface area contributed by atoms with Crippen LogP contribution in [0.15, 0.2) is 23.5 Å². The topological polar surface area (TPSA) is 69.6 Å². The van der Waals surface area contributed by atoms with E-state index in [1.54, 1.807) is 6.08 Å². The first kappa shape index (κ1) is 7.85. The van der Waals surface area contributed by atoms with Gasteiger partial charge >= 0.3 is 6.09 Å². The molecular weight excluding hydrogens is 172 g/mol. The quantitative estimate of drug-likeness (QED) is 0.561. The van der Waals surface area contributed by atoms with Crippen LogP contribution in [0.1, 0.15) is 6.42 Å². The van der Waals surface area contributed by atoms with Gasteiger partial charge in [-0.1, -0.05) is 6.08 Å². The van der Waals surface area contributed by atoms with Crippen molar-refractivity contribution in [1.82, 2.24) is 10.2 Å². The van der Waals surface area contributed by atoms with Gasteiger partial charge in [0.25, 0.3) is 0 Å². The molecule has 0 unspecified atom stereocenters. The van der Waals surface area contributed by atoms with Crippen LogP contribution in [-0.2, 0) is 4.79 Å². The fourth-order valence-electron chi connectivity index (χ4n) is 1.48. The van der Waals surface area contributed by atoms with Crippen LogP contribution in [0.4, 0.5) is 4.79 Å². The van der Waals surface area contributed by atoms with Crippen molar-refractivity contribution in [2.45, 2.75) is 6.42 Å². The Morgan fingerprint density at radius 3 is 3.08 bits per heavy atom. The molecule has 13 heavy (non-hydrogen) atoms. The summed E-state index contributed by atoms with van der Waals surface area (Å²) in [4.78, 5) is 23.0. The molecule has 0 aromatic rings. The third kappa shape index (κ3) is 1.09. The molecular formula is C8H8N2O3. The smallest absolute Gasteiger partial charge is 0.413 e. The molecule has 0 aromatic carbocycles. The number of ketones is 1. The van der Waals surface area contributed by atoms with Gasteiger partial charge in [-0.2, -0.15) is 0 Å². The maximum Gasteiger partial charge on any atom is 0.413 e. The van der Waals surface area contributed by atoms with E-state index in [0.29, 0.717) is 17.8 Å². The van der Waals surface area contributed by atoms with Gasteiger partial charge in [0, 0.05) is 6.42 Å². The lowest BCUT2D eigenvalue weighted by atomic mass is 10.1. The number of carbonyl (C=O) groups is 2.